The summed E-state index contributed by atoms with van der Waals surface area (Å²) in [5.41, 5.74) is 0. The number of carbonyl (C=O) groups is 1. The van der Waals surface area contributed by atoms with Gasteiger partial charge in [-0.05, 0) is 44.0 Å². The van der Waals surface area contributed by atoms with Crippen molar-refractivity contribution in [2.75, 3.05) is 24.5 Å². The molecule has 24 heavy (non-hydrogen) atoms. The summed E-state index contributed by atoms with van der Waals surface area (Å²) in [6.07, 6.45) is 5.51. The first kappa shape index (κ1) is 16.4. The molecule has 1 amide bonds. The van der Waals surface area contributed by atoms with Gasteiger partial charge in [-0.3, -0.25) is 4.79 Å². The molecule has 7 nitrogen and oxygen atoms in total. The molecule has 1 aliphatic rings. The molecule has 128 valence electrons. The van der Waals surface area contributed by atoms with Crippen molar-refractivity contribution in [3.05, 3.63) is 42.5 Å². The molecule has 3 rings (SSSR count). The van der Waals surface area contributed by atoms with Gasteiger partial charge in [0.1, 0.15) is 5.76 Å². The summed E-state index contributed by atoms with van der Waals surface area (Å²) in [5, 5.41) is 14.3. The zero-order valence-electron chi connectivity index (χ0n) is 13.8. The molecule has 3 heterocycles. The molecule has 0 aromatic carbocycles. The van der Waals surface area contributed by atoms with Crippen LogP contribution in [0.15, 0.2) is 41.1 Å². The Bertz CT molecular complexity index is 632. The molecular weight excluding hydrogens is 306 g/mol. The molecule has 1 saturated heterocycles. The molecule has 2 unspecified atom stereocenters. The Labute approximate surface area is 141 Å². The second-order valence-electron chi connectivity index (χ2n) is 6.01. The Hall–Kier alpha value is -2.41. The second-order valence-corrected chi connectivity index (χ2v) is 6.01. The molecule has 2 aromatic heterocycles. The van der Waals surface area contributed by atoms with E-state index in [1.807, 2.05) is 31.2 Å². The highest BCUT2D eigenvalue weighted by atomic mass is 16.3. The van der Waals surface area contributed by atoms with Crippen molar-refractivity contribution in [3.8, 4) is 0 Å². The highest BCUT2D eigenvalue weighted by molar-refractivity contribution is 5.78. The van der Waals surface area contributed by atoms with Gasteiger partial charge in [0.25, 0.3) is 0 Å². The van der Waals surface area contributed by atoms with E-state index >= 15 is 0 Å². The van der Waals surface area contributed by atoms with E-state index in [9.17, 15) is 4.79 Å². The fourth-order valence-electron chi connectivity index (χ4n) is 3.05. The Morgan fingerprint density at radius 2 is 2.38 bits per heavy atom. The summed E-state index contributed by atoms with van der Waals surface area (Å²) in [6, 6.07) is 7.76. The van der Waals surface area contributed by atoms with Crippen LogP contribution in [0.1, 0.15) is 31.6 Å². The molecular formula is C17H23N5O2. The minimum atomic E-state index is -0.128. The Kier molecular flexibility index (Phi) is 5.43. The lowest BCUT2D eigenvalue weighted by Crippen LogP contribution is -2.42. The van der Waals surface area contributed by atoms with E-state index in [0.717, 1.165) is 37.5 Å². The molecule has 7 heteroatoms. The zero-order chi connectivity index (χ0) is 16.8. The van der Waals surface area contributed by atoms with Crippen molar-refractivity contribution in [1.82, 2.24) is 20.8 Å². The van der Waals surface area contributed by atoms with Crippen molar-refractivity contribution in [3.63, 3.8) is 0 Å². The third kappa shape index (κ3) is 4.11. The summed E-state index contributed by atoms with van der Waals surface area (Å²) < 4.78 is 5.29. The fourth-order valence-corrected chi connectivity index (χ4v) is 3.05. The van der Waals surface area contributed by atoms with Gasteiger partial charge in [0, 0.05) is 25.3 Å². The predicted octanol–water partition coefficient (Wildman–Crippen LogP) is 1.51. The van der Waals surface area contributed by atoms with Gasteiger partial charge in [0.05, 0.1) is 18.8 Å². The molecule has 2 aromatic rings. The molecule has 0 aliphatic carbocycles. The van der Waals surface area contributed by atoms with Crippen LogP contribution in [0.3, 0.4) is 0 Å². The van der Waals surface area contributed by atoms with E-state index in [-0.39, 0.29) is 18.5 Å². The Morgan fingerprint density at radius 1 is 1.46 bits per heavy atom. The number of anilines is 1. The van der Waals surface area contributed by atoms with Gasteiger partial charge in [0.15, 0.2) is 5.82 Å². The van der Waals surface area contributed by atoms with Crippen LogP contribution in [0.5, 0.6) is 0 Å². The SMILES string of the molecule is CC(NC(=O)CNCC1CCCN1c1cccnn1)c1ccco1. The standard InChI is InChI=1S/C17H23N5O2/c1-13(15-6-4-10-24-15)20-17(23)12-18-11-14-5-3-9-22(14)16-7-2-8-19-21-16/h2,4,6-8,10,13-14,18H,3,5,9,11-12H2,1H3,(H,20,23). The van der Waals surface area contributed by atoms with E-state index in [2.05, 4.69) is 25.7 Å². The third-order valence-corrected chi connectivity index (χ3v) is 4.24. The molecule has 2 atom stereocenters. The number of furan rings is 1. The summed E-state index contributed by atoms with van der Waals surface area (Å²) >= 11 is 0. The molecule has 0 spiro atoms. The lowest BCUT2D eigenvalue weighted by Gasteiger charge is -2.25. The molecule has 0 radical (unpaired) electrons. The lowest BCUT2D eigenvalue weighted by molar-refractivity contribution is -0.121. The first-order valence-corrected chi connectivity index (χ1v) is 8.32. The monoisotopic (exact) mass is 329 g/mol. The normalized spacial score (nSPS) is 18.5. The van der Waals surface area contributed by atoms with E-state index in [0.29, 0.717) is 6.04 Å². The summed E-state index contributed by atoms with van der Waals surface area (Å²) in [6.45, 7) is 3.92. The van der Waals surface area contributed by atoms with Crippen molar-refractivity contribution in [1.29, 1.82) is 0 Å². The van der Waals surface area contributed by atoms with E-state index in [4.69, 9.17) is 4.42 Å². The highest BCUT2D eigenvalue weighted by Crippen LogP contribution is 2.22. The number of nitrogens with zero attached hydrogens (tertiary/aromatic N) is 3. The van der Waals surface area contributed by atoms with E-state index in [1.165, 1.54) is 0 Å². The molecule has 2 N–H and O–H groups in total. The van der Waals surface area contributed by atoms with Gasteiger partial charge in [-0.1, -0.05) is 0 Å². The summed E-state index contributed by atoms with van der Waals surface area (Å²) in [7, 11) is 0. The molecule has 1 aliphatic heterocycles. The van der Waals surface area contributed by atoms with Crippen LogP contribution in [0.4, 0.5) is 5.82 Å². The third-order valence-electron chi connectivity index (χ3n) is 4.24. The van der Waals surface area contributed by atoms with Gasteiger partial charge in [-0.2, -0.15) is 5.10 Å². The average molecular weight is 329 g/mol. The quantitative estimate of drug-likeness (QED) is 0.801. The second kappa shape index (κ2) is 7.92. The Morgan fingerprint density at radius 3 is 3.12 bits per heavy atom. The summed E-state index contributed by atoms with van der Waals surface area (Å²) in [4.78, 5) is 14.3. The first-order chi connectivity index (χ1) is 11.7. The fraction of sp³-hybridized carbons (Fsp3) is 0.471. The van der Waals surface area contributed by atoms with Gasteiger partial charge < -0.3 is 20.0 Å². The maximum Gasteiger partial charge on any atom is 0.234 e. The van der Waals surface area contributed by atoms with Crippen LogP contribution in [0, 0.1) is 0 Å². The molecule has 0 bridgehead atoms. The van der Waals surface area contributed by atoms with Crippen LogP contribution in [-0.4, -0.2) is 41.8 Å². The number of aromatic nitrogens is 2. The first-order valence-electron chi connectivity index (χ1n) is 8.32. The maximum atomic E-state index is 12.0. The van der Waals surface area contributed by atoms with Gasteiger partial charge in [-0.15, -0.1) is 5.10 Å². The van der Waals surface area contributed by atoms with Crippen LogP contribution >= 0.6 is 0 Å². The van der Waals surface area contributed by atoms with Crippen molar-refractivity contribution < 1.29 is 9.21 Å². The number of nitrogens with one attached hydrogen (secondary N) is 2. The number of hydrogen-bond donors (Lipinski definition) is 2. The van der Waals surface area contributed by atoms with Crippen LogP contribution in [0.25, 0.3) is 0 Å². The number of amides is 1. The minimum Gasteiger partial charge on any atom is -0.467 e. The summed E-state index contributed by atoms with van der Waals surface area (Å²) in [5.74, 6) is 1.62. The number of carbonyl (C=O) groups excluding carboxylic acids is 1. The maximum absolute atomic E-state index is 12.0. The van der Waals surface area contributed by atoms with Crippen molar-refractivity contribution in [2.45, 2.75) is 31.8 Å². The average Bonchev–Trinajstić information content (AvgIpc) is 3.27. The van der Waals surface area contributed by atoms with Gasteiger partial charge in [-0.25, -0.2) is 0 Å². The van der Waals surface area contributed by atoms with Crippen molar-refractivity contribution in [2.24, 2.45) is 0 Å². The molecule has 1 fully saturated rings. The largest absolute Gasteiger partial charge is 0.467 e. The van der Waals surface area contributed by atoms with Gasteiger partial charge >= 0.3 is 0 Å². The number of rotatable bonds is 7. The number of hydrogen-bond acceptors (Lipinski definition) is 6. The van der Waals surface area contributed by atoms with Crippen LogP contribution < -0.4 is 15.5 Å². The topological polar surface area (TPSA) is 83.3 Å². The molecule has 0 saturated carbocycles. The van der Waals surface area contributed by atoms with E-state index in [1.54, 1.807) is 12.5 Å². The van der Waals surface area contributed by atoms with Gasteiger partial charge in [0.2, 0.25) is 5.91 Å². The van der Waals surface area contributed by atoms with Crippen molar-refractivity contribution >= 4 is 11.7 Å². The van der Waals surface area contributed by atoms with Crippen LogP contribution in [0.2, 0.25) is 0 Å². The predicted molar refractivity (Wildman–Crippen MR) is 90.5 cm³/mol. The van der Waals surface area contributed by atoms with Crippen LogP contribution in [-0.2, 0) is 4.79 Å². The lowest BCUT2D eigenvalue weighted by atomic mass is 10.2. The smallest absolute Gasteiger partial charge is 0.234 e. The minimum absolute atomic E-state index is 0.0389. The Balaban J connectivity index is 1.43. The van der Waals surface area contributed by atoms with E-state index < -0.39 is 0 Å². The highest BCUT2D eigenvalue weighted by Gasteiger charge is 2.25. The zero-order valence-corrected chi connectivity index (χ0v) is 13.8.